The van der Waals surface area contributed by atoms with E-state index < -0.39 is 0 Å². The summed E-state index contributed by atoms with van der Waals surface area (Å²) in [5.41, 5.74) is 0. The van der Waals surface area contributed by atoms with E-state index in [1.165, 1.54) is 18.6 Å². The monoisotopic (exact) mass is 218 g/mol. The number of thioether (sulfide) groups is 1. The highest BCUT2D eigenvalue weighted by molar-refractivity contribution is 7.99. The van der Waals surface area contributed by atoms with Crippen LogP contribution in [-0.4, -0.2) is 22.7 Å². The van der Waals surface area contributed by atoms with Gasteiger partial charge in [-0.3, -0.25) is 0 Å². The molecular formula is C12H26OS. The fraction of sp³-hybridized carbons (Fsp3) is 1.00. The van der Waals surface area contributed by atoms with Crippen LogP contribution in [0.2, 0.25) is 0 Å². The predicted octanol–water partition coefficient (Wildman–Crippen LogP) is 3.56. The van der Waals surface area contributed by atoms with Gasteiger partial charge in [-0.05, 0) is 24.0 Å². The first-order chi connectivity index (χ1) is 6.52. The van der Waals surface area contributed by atoms with E-state index in [-0.39, 0.29) is 6.10 Å². The molecule has 0 aromatic rings. The Labute approximate surface area is 93.7 Å². The molecule has 0 amide bonds. The highest BCUT2D eigenvalue weighted by atomic mass is 32.2. The molecule has 0 fully saturated rings. The van der Waals surface area contributed by atoms with Crippen LogP contribution in [0.4, 0.5) is 0 Å². The highest BCUT2D eigenvalue weighted by Gasteiger charge is 2.05. The van der Waals surface area contributed by atoms with Crippen molar-refractivity contribution in [1.29, 1.82) is 0 Å². The van der Waals surface area contributed by atoms with Gasteiger partial charge in [-0.2, -0.15) is 11.8 Å². The molecule has 0 spiro atoms. The maximum Gasteiger partial charge on any atom is 0.0630 e. The van der Waals surface area contributed by atoms with Crippen LogP contribution in [0, 0.1) is 11.8 Å². The fourth-order valence-corrected chi connectivity index (χ4v) is 2.33. The molecule has 0 aliphatic heterocycles. The van der Waals surface area contributed by atoms with E-state index in [2.05, 4.69) is 27.7 Å². The van der Waals surface area contributed by atoms with Gasteiger partial charge in [0.2, 0.25) is 0 Å². The third kappa shape index (κ3) is 10.4. The van der Waals surface area contributed by atoms with Gasteiger partial charge in [0.1, 0.15) is 0 Å². The lowest BCUT2D eigenvalue weighted by molar-refractivity contribution is 0.183. The third-order valence-corrected chi connectivity index (χ3v) is 3.60. The van der Waals surface area contributed by atoms with Crippen molar-refractivity contribution in [3.05, 3.63) is 0 Å². The number of rotatable bonds is 8. The largest absolute Gasteiger partial charge is 0.392 e. The molecule has 14 heavy (non-hydrogen) atoms. The molecule has 1 N–H and O–H groups in total. The minimum atomic E-state index is -0.0856. The maximum absolute atomic E-state index is 9.65. The summed E-state index contributed by atoms with van der Waals surface area (Å²) in [6, 6.07) is 0. The zero-order valence-electron chi connectivity index (χ0n) is 10.1. The molecule has 0 aliphatic rings. The zero-order valence-corrected chi connectivity index (χ0v) is 10.9. The lowest BCUT2D eigenvalue weighted by Gasteiger charge is -2.11. The molecule has 0 heterocycles. The van der Waals surface area contributed by atoms with Crippen molar-refractivity contribution in [1.82, 2.24) is 0 Å². The first-order valence-corrected chi connectivity index (χ1v) is 6.93. The second kappa shape index (κ2) is 8.60. The highest BCUT2D eigenvalue weighted by Crippen LogP contribution is 2.14. The summed E-state index contributed by atoms with van der Waals surface area (Å²) in [5.74, 6) is 3.59. The van der Waals surface area contributed by atoms with E-state index in [0.29, 0.717) is 0 Å². The minimum Gasteiger partial charge on any atom is -0.392 e. The smallest absolute Gasteiger partial charge is 0.0630 e. The van der Waals surface area contributed by atoms with Gasteiger partial charge in [-0.15, -0.1) is 0 Å². The van der Waals surface area contributed by atoms with E-state index in [0.717, 1.165) is 24.0 Å². The van der Waals surface area contributed by atoms with Gasteiger partial charge in [0.25, 0.3) is 0 Å². The van der Waals surface area contributed by atoms with Crippen molar-refractivity contribution in [2.24, 2.45) is 11.8 Å². The van der Waals surface area contributed by atoms with Crippen molar-refractivity contribution >= 4 is 11.8 Å². The Hall–Kier alpha value is 0.310. The van der Waals surface area contributed by atoms with Crippen LogP contribution >= 0.6 is 11.8 Å². The van der Waals surface area contributed by atoms with E-state index in [4.69, 9.17) is 0 Å². The standard InChI is InChI=1S/C12H26OS/c1-10(2)6-5-7-12(13)9-14-8-11(3)4/h10-13H,5-9H2,1-4H3. The van der Waals surface area contributed by atoms with Crippen LogP contribution in [0.5, 0.6) is 0 Å². The summed E-state index contributed by atoms with van der Waals surface area (Å²) >= 11 is 1.88. The number of hydrogen-bond acceptors (Lipinski definition) is 2. The molecule has 0 bridgehead atoms. The van der Waals surface area contributed by atoms with Gasteiger partial charge in [0.15, 0.2) is 0 Å². The number of aliphatic hydroxyl groups is 1. The summed E-state index contributed by atoms with van der Waals surface area (Å²) in [6.07, 6.45) is 3.30. The Morgan fingerprint density at radius 2 is 1.57 bits per heavy atom. The quantitative estimate of drug-likeness (QED) is 0.672. The molecule has 0 aromatic heterocycles. The van der Waals surface area contributed by atoms with Crippen LogP contribution < -0.4 is 0 Å². The lowest BCUT2D eigenvalue weighted by Crippen LogP contribution is -2.11. The summed E-state index contributed by atoms with van der Waals surface area (Å²) in [6.45, 7) is 8.91. The average molecular weight is 218 g/mol. The van der Waals surface area contributed by atoms with Crippen molar-refractivity contribution in [3.63, 3.8) is 0 Å². The average Bonchev–Trinajstić information content (AvgIpc) is 2.02. The Kier molecular flexibility index (Phi) is 8.80. The Bertz CT molecular complexity index is 109. The van der Waals surface area contributed by atoms with Crippen molar-refractivity contribution < 1.29 is 5.11 Å². The molecule has 1 nitrogen and oxygen atoms in total. The molecule has 86 valence electrons. The van der Waals surface area contributed by atoms with Crippen molar-refractivity contribution in [2.75, 3.05) is 11.5 Å². The Morgan fingerprint density at radius 1 is 0.929 bits per heavy atom. The Morgan fingerprint density at radius 3 is 2.07 bits per heavy atom. The van der Waals surface area contributed by atoms with Crippen LogP contribution in [0.25, 0.3) is 0 Å². The summed E-state index contributed by atoms with van der Waals surface area (Å²) in [7, 11) is 0. The normalized spacial score (nSPS) is 13.9. The number of hydrogen-bond donors (Lipinski definition) is 1. The molecule has 2 heteroatoms. The van der Waals surface area contributed by atoms with Gasteiger partial charge in [-0.25, -0.2) is 0 Å². The van der Waals surface area contributed by atoms with Gasteiger partial charge >= 0.3 is 0 Å². The van der Waals surface area contributed by atoms with Crippen molar-refractivity contribution in [3.8, 4) is 0 Å². The second-order valence-electron chi connectivity index (χ2n) is 4.91. The fourth-order valence-electron chi connectivity index (χ4n) is 1.28. The summed E-state index contributed by atoms with van der Waals surface area (Å²) in [4.78, 5) is 0. The first-order valence-electron chi connectivity index (χ1n) is 5.78. The van der Waals surface area contributed by atoms with Gasteiger partial charge < -0.3 is 5.11 Å². The molecule has 0 aromatic carbocycles. The van der Waals surface area contributed by atoms with Crippen LogP contribution in [-0.2, 0) is 0 Å². The lowest BCUT2D eigenvalue weighted by atomic mass is 10.1. The van der Waals surface area contributed by atoms with Crippen LogP contribution in [0.3, 0.4) is 0 Å². The van der Waals surface area contributed by atoms with Gasteiger partial charge in [0.05, 0.1) is 6.10 Å². The van der Waals surface area contributed by atoms with Crippen LogP contribution in [0.1, 0.15) is 47.0 Å². The van der Waals surface area contributed by atoms with E-state index in [1.54, 1.807) is 0 Å². The summed E-state index contributed by atoms with van der Waals surface area (Å²) in [5, 5.41) is 9.65. The molecule has 0 saturated carbocycles. The molecule has 0 radical (unpaired) electrons. The van der Waals surface area contributed by atoms with E-state index >= 15 is 0 Å². The molecule has 1 atom stereocenters. The first kappa shape index (κ1) is 14.3. The van der Waals surface area contributed by atoms with Gasteiger partial charge in [0, 0.05) is 5.75 Å². The van der Waals surface area contributed by atoms with E-state index in [1.807, 2.05) is 11.8 Å². The van der Waals surface area contributed by atoms with E-state index in [9.17, 15) is 5.11 Å². The SMILES string of the molecule is CC(C)CCCC(O)CSCC(C)C. The molecule has 0 saturated heterocycles. The predicted molar refractivity (Wildman–Crippen MR) is 66.9 cm³/mol. The van der Waals surface area contributed by atoms with Crippen LogP contribution in [0.15, 0.2) is 0 Å². The minimum absolute atomic E-state index is 0.0856. The topological polar surface area (TPSA) is 20.2 Å². The molecular weight excluding hydrogens is 192 g/mol. The number of aliphatic hydroxyl groups excluding tert-OH is 1. The third-order valence-electron chi connectivity index (χ3n) is 2.08. The molecule has 0 aliphatic carbocycles. The molecule has 0 rings (SSSR count). The van der Waals surface area contributed by atoms with Crippen molar-refractivity contribution in [2.45, 2.75) is 53.1 Å². The molecule has 1 unspecified atom stereocenters. The van der Waals surface area contributed by atoms with Gasteiger partial charge in [-0.1, -0.05) is 40.5 Å². The second-order valence-corrected chi connectivity index (χ2v) is 5.98. The summed E-state index contributed by atoms with van der Waals surface area (Å²) < 4.78 is 0. The maximum atomic E-state index is 9.65. The Balaban J connectivity index is 3.23. The zero-order chi connectivity index (χ0) is 11.0.